The summed E-state index contributed by atoms with van der Waals surface area (Å²) < 4.78 is 14.2. The molecule has 1 unspecified atom stereocenters. The molecule has 0 aromatic heterocycles. The average molecular weight is 323 g/mol. The summed E-state index contributed by atoms with van der Waals surface area (Å²) in [6.45, 7) is 2.04. The number of halogens is 2. The van der Waals surface area contributed by atoms with Crippen LogP contribution in [0, 0.1) is 12.7 Å². The van der Waals surface area contributed by atoms with Crippen LogP contribution in [-0.4, -0.2) is 0 Å². The van der Waals surface area contributed by atoms with E-state index in [1.807, 2.05) is 31.2 Å². The second kappa shape index (κ2) is 6.28. The number of hydrogen-bond donors (Lipinski definition) is 2. The van der Waals surface area contributed by atoms with Crippen molar-refractivity contribution in [1.29, 1.82) is 0 Å². The first-order chi connectivity index (χ1) is 9.11. The zero-order valence-corrected chi connectivity index (χ0v) is 12.2. The summed E-state index contributed by atoms with van der Waals surface area (Å²) in [5.41, 5.74) is 6.00. The molecular formula is C15H16BrFN2. The van der Waals surface area contributed by atoms with Crippen LogP contribution >= 0.6 is 15.9 Å². The lowest BCUT2D eigenvalue weighted by molar-refractivity contribution is 0.545. The minimum absolute atomic E-state index is 0.0423. The molecule has 0 heterocycles. The molecule has 2 aromatic carbocycles. The highest BCUT2D eigenvalue weighted by Gasteiger charge is 2.14. The van der Waals surface area contributed by atoms with Gasteiger partial charge in [-0.2, -0.15) is 0 Å². The number of benzene rings is 2. The van der Waals surface area contributed by atoms with Crippen molar-refractivity contribution in [2.45, 2.75) is 19.4 Å². The third-order valence-corrected chi connectivity index (χ3v) is 3.97. The Morgan fingerprint density at radius 2 is 2.00 bits per heavy atom. The Bertz CT molecular complexity index is 572. The van der Waals surface area contributed by atoms with E-state index in [9.17, 15) is 4.39 Å². The van der Waals surface area contributed by atoms with Crippen molar-refractivity contribution in [3.63, 3.8) is 0 Å². The summed E-state index contributed by atoms with van der Waals surface area (Å²) >= 11 is 3.44. The molecule has 2 aromatic rings. The van der Waals surface area contributed by atoms with E-state index >= 15 is 0 Å². The predicted octanol–water partition coefficient (Wildman–Crippen LogP) is 3.64. The molecular weight excluding hydrogens is 307 g/mol. The van der Waals surface area contributed by atoms with E-state index in [1.54, 1.807) is 6.07 Å². The zero-order chi connectivity index (χ0) is 13.8. The molecule has 19 heavy (non-hydrogen) atoms. The maximum absolute atomic E-state index is 13.3. The number of nitrogens with two attached hydrogens (primary N) is 1. The molecule has 0 spiro atoms. The molecule has 2 rings (SSSR count). The van der Waals surface area contributed by atoms with Crippen LogP contribution in [0.4, 0.5) is 4.39 Å². The Kier molecular flexibility index (Phi) is 4.69. The first kappa shape index (κ1) is 14.2. The molecule has 3 N–H and O–H groups in total. The average Bonchev–Trinajstić information content (AvgIpc) is 2.41. The minimum atomic E-state index is -0.237. The largest absolute Gasteiger partial charge is 0.271 e. The first-order valence-corrected chi connectivity index (χ1v) is 6.86. The van der Waals surface area contributed by atoms with Crippen LogP contribution in [0.2, 0.25) is 0 Å². The number of hydrogen-bond acceptors (Lipinski definition) is 2. The van der Waals surface area contributed by atoms with Crippen molar-refractivity contribution < 1.29 is 4.39 Å². The maximum Gasteiger partial charge on any atom is 0.123 e. The van der Waals surface area contributed by atoms with Crippen molar-refractivity contribution in [2.24, 2.45) is 5.84 Å². The van der Waals surface area contributed by atoms with E-state index in [-0.39, 0.29) is 11.9 Å². The number of hydrazine groups is 1. The Morgan fingerprint density at radius 1 is 1.26 bits per heavy atom. The fourth-order valence-electron chi connectivity index (χ4n) is 2.16. The van der Waals surface area contributed by atoms with Gasteiger partial charge in [0, 0.05) is 4.47 Å². The molecule has 4 heteroatoms. The standard InChI is InChI=1S/C15H16BrFN2/c1-10-4-2-3-5-13(10)15(19-18)9-11-8-12(17)6-7-14(11)16/h2-8,15,19H,9,18H2,1H3. The molecule has 0 fully saturated rings. The fraction of sp³-hybridized carbons (Fsp3) is 0.200. The van der Waals surface area contributed by atoms with Crippen LogP contribution < -0.4 is 11.3 Å². The van der Waals surface area contributed by atoms with Gasteiger partial charge in [0.15, 0.2) is 0 Å². The predicted molar refractivity (Wildman–Crippen MR) is 79.0 cm³/mol. The highest BCUT2D eigenvalue weighted by Crippen LogP contribution is 2.25. The summed E-state index contributed by atoms with van der Waals surface area (Å²) in [6, 6.07) is 12.7. The van der Waals surface area contributed by atoms with Gasteiger partial charge in [-0.15, -0.1) is 0 Å². The van der Waals surface area contributed by atoms with Crippen LogP contribution in [0.15, 0.2) is 46.9 Å². The molecule has 2 nitrogen and oxygen atoms in total. The van der Waals surface area contributed by atoms with Gasteiger partial charge in [-0.05, 0) is 48.2 Å². The third-order valence-electron chi connectivity index (χ3n) is 3.20. The summed E-state index contributed by atoms with van der Waals surface area (Å²) in [5.74, 6) is 5.41. The van der Waals surface area contributed by atoms with Crippen LogP contribution in [-0.2, 0) is 6.42 Å². The highest BCUT2D eigenvalue weighted by atomic mass is 79.9. The van der Waals surface area contributed by atoms with Gasteiger partial charge < -0.3 is 0 Å². The SMILES string of the molecule is Cc1ccccc1C(Cc1cc(F)ccc1Br)NN. The van der Waals surface area contributed by atoms with Gasteiger partial charge in [0.05, 0.1) is 6.04 Å². The van der Waals surface area contributed by atoms with Gasteiger partial charge in [0.2, 0.25) is 0 Å². The number of nitrogens with one attached hydrogen (secondary N) is 1. The van der Waals surface area contributed by atoms with Crippen molar-refractivity contribution in [3.05, 3.63) is 69.4 Å². The van der Waals surface area contributed by atoms with Crippen LogP contribution in [0.25, 0.3) is 0 Å². The molecule has 0 saturated heterocycles. The molecule has 0 aliphatic carbocycles. The molecule has 0 amide bonds. The van der Waals surface area contributed by atoms with Gasteiger partial charge in [-0.3, -0.25) is 11.3 Å². The monoisotopic (exact) mass is 322 g/mol. The number of rotatable bonds is 4. The molecule has 0 radical (unpaired) electrons. The normalized spacial score (nSPS) is 12.4. The Hall–Kier alpha value is -1.23. The topological polar surface area (TPSA) is 38.0 Å². The van der Waals surface area contributed by atoms with E-state index in [2.05, 4.69) is 21.4 Å². The second-order valence-electron chi connectivity index (χ2n) is 4.52. The smallest absolute Gasteiger partial charge is 0.123 e. The van der Waals surface area contributed by atoms with Crippen molar-refractivity contribution in [3.8, 4) is 0 Å². The van der Waals surface area contributed by atoms with Crippen molar-refractivity contribution >= 4 is 15.9 Å². The minimum Gasteiger partial charge on any atom is -0.271 e. The van der Waals surface area contributed by atoms with Crippen molar-refractivity contribution in [1.82, 2.24) is 5.43 Å². The lowest BCUT2D eigenvalue weighted by Gasteiger charge is -2.19. The highest BCUT2D eigenvalue weighted by molar-refractivity contribution is 9.10. The van der Waals surface area contributed by atoms with Gasteiger partial charge in [0.25, 0.3) is 0 Å². The molecule has 100 valence electrons. The van der Waals surface area contributed by atoms with Gasteiger partial charge in [-0.1, -0.05) is 40.2 Å². The van der Waals surface area contributed by atoms with Crippen molar-refractivity contribution in [2.75, 3.05) is 0 Å². The van der Waals surface area contributed by atoms with Gasteiger partial charge in [-0.25, -0.2) is 4.39 Å². The lowest BCUT2D eigenvalue weighted by Crippen LogP contribution is -2.30. The fourth-order valence-corrected chi connectivity index (χ4v) is 2.56. The molecule has 0 saturated carbocycles. The van der Waals surface area contributed by atoms with Crippen LogP contribution in [0.5, 0.6) is 0 Å². The summed E-state index contributed by atoms with van der Waals surface area (Å²) in [6.07, 6.45) is 0.625. The summed E-state index contributed by atoms with van der Waals surface area (Å²) in [5, 5.41) is 0. The van der Waals surface area contributed by atoms with E-state index in [0.29, 0.717) is 6.42 Å². The van der Waals surface area contributed by atoms with E-state index in [4.69, 9.17) is 5.84 Å². The number of aryl methyl sites for hydroxylation is 1. The molecule has 0 aliphatic rings. The van der Waals surface area contributed by atoms with E-state index < -0.39 is 0 Å². The Morgan fingerprint density at radius 3 is 2.68 bits per heavy atom. The third kappa shape index (κ3) is 3.41. The Balaban J connectivity index is 2.29. The molecule has 1 atom stereocenters. The Labute approximate surface area is 120 Å². The summed E-state index contributed by atoms with van der Waals surface area (Å²) in [4.78, 5) is 0. The van der Waals surface area contributed by atoms with E-state index in [0.717, 1.165) is 21.2 Å². The molecule has 0 aliphatic heterocycles. The lowest BCUT2D eigenvalue weighted by atomic mass is 9.96. The van der Waals surface area contributed by atoms with Crippen LogP contribution in [0.1, 0.15) is 22.7 Å². The first-order valence-electron chi connectivity index (χ1n) is 6.07. The zero-order valence-electron chi connectivity index (χ0n) is 10.7. The van der Waals surface area contributed by atoms with E-state index in [1.165, 1.54) is 12.1 Å². The second-order valence-corrected chi connectivity index (χ2v) is 5.37. The van der Waals surface area contributed by atoms with Gasteiger partial charge >= 0.3 is 0 Å². The van der Waals surface area contributed by atoms with Gasteiger partial charge in [0.1, 0.15) is 5.82 Å². The quantitative estimate of drug-likeness (QED) is 0.666. The summed E-state index contributed by atoms with van der Waals surface area (Å²) in [7, 11) is 0. The van der Waals surface area contributed by atoms with Crippen LogP contribution in [0.3, 0.4) is 0 Å². The molecule has 0 bridgehead atoms. The maximum atomic E-state index is 13.3.